The molecule has 0 radical (unpaired) electrons. The smallest absolute Gasteiger partial charge is 0.260 e. The fourth-order valence-electron chi connectivity index (χ4n) is 3.54. The maximum Gasteiger partial charge on any atom is 0.260 e. The summed E-state index contributed by atoms with van der Waals surface area (Å²) in [6.45, 7) is 0.674. The first-order valence-electron chi connectivity index (χ1n) is 7.98. The quantitative estimate of drug-likeness (QED) is 0.899. The molecule has 1 saturated carbocycles. The Morgan fingerprint density at radius 1 is 1.39 bits per heavy atom. The summed E-state index contributed by atoms with van der Waals surface area (Å²) in [4.78, 5) is 30.9. The van der Waals surface area contributed by atoms with Gasteiger partial charge < -0.3 is 14.6 Å². The summed E-state index contributed by atoms with van der Waals surface area (Å²) < 4.78 is 1.42. The van der Waals surface area contributed by atoms with Crippen LogP contribution >= 0.6 is 0 Å². The van der Waals surface area contributed by atoms with E-state index >= 15 is 0 Å². The van der Waals surface area contributed by atoms with Crippen molar-refractivity contribution in [2.45, 2.75) is 37.3 Å². The van der Waals surface area contributed by atoms with Gasteiger partial charge >= 0.3 is 0 Å². The summed E-state index contributed by atoms with van der Waals surface area (Å²) in [5.74, 6) is -0.0859. The molecule has 6 heteroatoms. The number of aliphatic hydroxyl groups is 1. The van der Waals surface area contributed by atoms with Crippen molar-refractivity contribution >= 4 is 16.8 Å². The SMILES string of the molecule is Cn1cnc2cc(C(=O)N3CCCC3C3(O)CC3)ccc2c1=O. The fourth-order valence-corrected chi connectivity index (χ4v) is 3.54. The van der Waals surface area contributed by atoms with Crippen LogP contribution in [-0.2, 0) is 7.05 Å². The van der Waals surface area contributed by atoms with E-state index < -0.39 is 5.60 Å². The molecule has 6 nitrogen and oxygen atoms in total. The average Bonchev–Trinajstić information content (AvgIpc) is 3.11. The number of hydrogen-bond acceptors (Lipinski definition) is 4. The minimum absolute atomic E-state index is 0.0812. The van der Waals surface area contributed by atoms with Crippen LogP contribution < -0.4 is 5.56 Å². The van der Waals surface area contributed by atoms with Gasteiger partial charge in [-0.25, -0.2) is 4.98 Å². The first-order valence-corrected chi connectivity index (χ1v) is 7.98. The van der Waals surface area contributed by atoms with E-state index in [2.05, 4.69) is 4.98 Å². The van der Waals surface area contributed by atoms with Gasteiger partial charge in [-0.05, 0) is 43.9 Å². The molecule has 4 rings (SSSR count). The van der Waals surface area contributed by atoms with Crippen LogP contribution in [0.15, 0.2) is 29.3 Å². The molecule has 1 aliphatic carbocycles. The molecule has 1 N–H and O–H groups in total. The van der Waals surface area contributed by atoms with E-state index in [1.54, 1.807) is 30.1 Å². The van der Waals surface area contributed by atoms with Crippen molar-refractivity contribution in [3.05, 3.63) is 40.4 Å². The minimum Gasteiger partial charge on any atom is -0.388 e. The van der Waals surface area contributed by atoms with Crippen molar-refractivity contribution in [2.24, 2.45) is 7.05 Å². The first kappa shape index (κ1) is 14.4. The van der Waals surface area contributed by atoms with Crippen LogP contribution in [0.5, 0.6) is 0 Å². The first-order chi connectivity index (χ1) is 11.0. The summed E-state index contributed by atoms with van der Waals surface area (Å²) in [7, 11) is 1.65. The Hall–Kier alpha value is -2.21. The molecule has 2 heterocycles. The van der Waals surface area contributed by atoms with Gasteiger partial charge in [0, 0.05) is 19.2 Å². The fraction of sp³-hybridized carbons (Fsp3) is 0.471. The van der Waals surface area contributed by atoms with Crippen LogP contribution in [0.3, 0.4) is 0 Å². The zero-order chi connectivity index (χ0) is 16.2. The number of carbonyl (C=O) groups excluding carboxylic acids is 1. The number of amides is 1. The topological polar surface area (TPSA) is 75.4 Å². The van der Waals surface area contributed by atoms with Crippen molar-refractivity contribution in [3.8, 4) is 0 Å². The van der Waals surface area contributed by atoms with Gasteiger partial charge in [0.05, 0.1) is 28.9 Å². The monoisotopic (exact) mass is 313 g/mol. The summed E-state index contributed by atoms with van der Waals surface area (Å²) in [6, 6.07) is 4.93. The number of benzene rings is 1. The highest BCUT2D eigenvalue weighted by atomic mass is 16.3. The number of rotatable bonds is 2. The van der Waals surface area contributed by atoms with E-state index in [1.807, 2.05) is 0 Å². The van der Waals surface area contributed by atoms with Gasteiger partial charge in [0.25, 0.3) is 11.5 Å². The lowest BCUT2D eigenvalue weighted by Gasteiger charge is -2.28. The highest BCUT2D eigenvalue weighted by Gasteiger charge is 2.52. The molecule has 0 spiro atoms. The lowest BCUT2D eigenvalue weighted by Crippen LogP contribution is -2.44. The Morgan fingerprint density at radius 3 is 2.91 bits per heavy atom. The second-order valence-corrected chi connectivity index (χ2v) is 6.65. The highest BCUT2D eigenvalue weighted by molar-refractivity contribution is 5.98. The van der Waals surface area contributed by atoms with Gasteiger partial charge in [0.15, 0.2) is 0 Å². The molecule has 1 amide bonds. The second-order valence-electron chi connectivity index (χ2n) is 6.65. The molecule has 2 fully saturated rings. The molecular formula is C17H19N3O3. The average molecular weight is 313 g/mol. The molecule has 0 bridgehead atoms. The highest BCUT2D eigenvalue weighted by Crippen LogP contribution is 2.44. The predicted octanol–water partition coefficient (Wildman–Crippen LogP) is 1.06. The third-order valence-corrected chi connectivity index (χ3v) is 5.06. The van der Waals surface area contributed by atoms with Crippen LogP contribution in [0, 0.1) is 0 Å². The number of aromatic nitrogens is 2. The maximum absolute atomic E-state index is 12.8. The number of nitrogens with zero attached hydrogens (tertiary/aromatic N) is 3. The molecule has 1 aliphatic heterocycles. The molecule has 120 valence electrons. The summed E-state index contributed by atoms with van der Waals surface area (Å²) in [5, 5.41) is 10.9. The van der Waals surface area contributed by atoms with E-state index in [0.29, 0.717) is 23.0 Å². The zero-order valence-corrected chi connectivity index (χ0v) is 13.0. The van der Waals surface area contributed by atoms with Crippen LogP contribution in [0.4, 0.5) is 0 Å². The van der Waals surface area contributed by atoms with E-state index in [4.69, 9.17) is 0 Å². The molecule has 1 unspecified atom stereocenters. The number of hydrogen-bond donors (Lipinski definition) is 1. The van der Waals surface area contributed by atoms with Crippen LogP contribution in [-0.4, -0.2) is 43.7 Å². The van der Waals surface area contributed by atoms with Gasteiger partial charge in [-0.15, -0.1) is 0 Å². The third kappa shape index (κ3) is 2.25. The molecular weight excluding hydrogens is 294 g/mol. The van der Waals surface area contributed by atoms with E-state index in [-0.39, 0.29) is 17.5 Å². The molecule has 1 aromatic heterocycles. The standard InChI is InChI=1S/C17H19N3O3/c1-19-10-18-13-9-11(4-5-12(13)16(19)22)15(21)20-8-2-3-14(20)17(23)6-7-17/h4-5,9-10,14,23H,2-3,6-8H2,1H3. The molecule has 1 aromatic carbocycles. The zero-order valence-electron chi connectivity index (χ0n) is 13.0. The second kappa shape index (κ2) is 4.89. The maximum atomic E-state index is 12.8. The Kier molecular flexibility index (Phi) is 3.06. The van der Waals surface area contributed by atoms with Crippen molar-refractivity contribution in [1.29, 1.82) is 0 Å². The third-order valence-electron chi connectivity index (χ3n) is 5.06. The van der Waals surface area contributed by atoms with E-state index in [0.717, 1.165) is 25.7 Å². The van der Waals surface area contributed by atoms with Gasteiger partial charge in [-0.1, -0.05) is 0 Å². The van der Waals surface area contributed by atoms with E-state index in [1.165, 1.54) is 10.9 Å². The number of aryl methyl sites for hydroxylation is 1. The van der Waals surface area contributed by atoms with Crippen molar-refractivity contribution in [3.63, 3.8) is 0 Å². The number of likely N-dealkylation sites (tertiary alicyclic amines) is 1. The Bertz CT molecular complexity index is 854. The Balaban J connectivity index is 1.70. The largest absolute Gasteiger partial charge is 0.388 e. The van der Waals surface area contributed by atoms with Gasteiger partial charge in [0.1, 0.15) is 0 Å². The lowest BCUT2D eigenvalue weighted by atomic mass is 10.1. The Labute approximate surface area is 133 Å². The van der Waals surface area contributed by atoms with Crippen molar-refractivity contribution < 1.29 is 9.90 Å². The van der Waals surface area contributed by atoms with Gasteiger partial charge in [-0.3, -0.25) is 9.59 Å². The molecule has 1 saturated heterocycles. The Morgan fingerprint density at radius 2 is 2.17 bits per heavy atom. The van der Waals surface area contributed by atoms with Gasteiger partial charge in [-0.2, -0.15) is 0 Å². The summed E-state index contributed by atoms with van der Waals surface area (Å²) in [6.07, 6.45) is 4.79. The molecule has 2 aliphatic rings. The lowest BCUT2D eigenvalue weighted by molar-refractivity contribution is 0.0386. The normalized spacial score (nSPS) is 22.5. The van der Waals surface area contributed by atoms with Crippen molar-refractivity contribution in [2.75, 3.05) is 6.54 Å². The van der Waals surface area contributed by atoms with Crippen LogP contribution in [0.1, 0.15) is 36.0 Å². The minimum atomic E-state index is -0.683. The van der Waals surface area contributed by atoms with E-state index in [9.17, 15) is 14.7 Å². The van der Waals surface area contributed by atoms with Gasteiger partial charge in [0.2, 0.25) is 0 Å². The molecule has 1 atom stereocenters. The number of carbonyl (C=O) groups is 1. The molecule has 2 aromatic rings. The molecule has 23 heavy (non-hydrogen) atoms. The van der Waals surface area contributed by atoms with Crippen LogP contribution in [0.2, 0.25) is 0 Å². The predicted molar refractivity (Wildman–Crippen MR) is 85.2 cm³/mol. The van der Waals surface area contributed by atoms with Crippen LogP contribution in [0.25, 0.3) is 10.9 Å². The van der Waals surface area contributed by atoms with Crippen molar-refractivity contribution in [1.82, 2.24) is 14.5 Å². The summed E-state index contributed by atoms with van der Waals surface area (Å²) >= 11 is 0. The number of fused-ring (bicyclic) bond motifs is 1. The summed E-state index contributed by atoms with van der Waals surface area (Å²) in [5.41, 5.74) is 0.242.